The highest BCUT2D eigenvalue weighted by Crippen LogP contribution is 2.23. The summed E-state index contributed by atoms with van der Waals surface area (Å²) in [6, 6.07) is 13.8. The fourth-order valence-corrected chi connectivity index (χ4v) is 2.35. The van der Waals surface area contributed by atoms with Gasteiger partial charge in [-0.2, -0.15) is 0 Å². The normalized spacial score (nSPS) is 10.4. The number of esters is 1. The molecule has 0 aliphatic carbocycles. The van der Waals surface area contributed by atoms with E-state index in [2.05, 4.69) is 19.2 Å². The quantitative estimate of drug-likeness (QED) is 0.617. The average Bonchev–Trinajstić information content (AvgIpc) is 2.68. The molecule has 0 atom stereocenters. The van der Waals surface area contributed by atoms with E-state index in [1.165, 1.54) is 0 Å². The molecular formula is C22H27NO5. The molecule has 0 spiro atoms. The lowest BCUT2D eigenvalue weighted by atomic mass is 10.1. The van der Waals surface area contributed by atoms with Crippen LogP contribution in [0.4, 0.5) is 5.69 Å². The fourth-order valence-electron chi connectivity index (χ4n) is 2.35. The Bertz CT molecular complexity index is 771. The van der Waals surface area contributed by atoms with E-state index >= 15 is 0 Å². The number of para-hydroxylation sites is 2. The number of hydrogen-bond acceptors (Lipinski definition) is 5. The van der Waals surface area contributed by atoms with Gasteiger partial charge in [0.25, 0.3) is 5.91 Å². The van der Waals surface area contributed by atoms with Gasteiger partial charge in [0.1, 0.15) is 11.5 Å². The van der Waals surface area contributed by atoms with Crippen molar-refractivity contribution in [1.29, 1.82) is 0 Å². The molecule has 1 amide bonds. The Morgan fingerprint density at radius 2 is 1.71 bits per heavy atom. The highest BCUT2D eigenvalue weighted by molar-refractivity contribution is 5.96. The van der Waals surface area contributed by atoms with Gasteiger partial charge >= 0.3 is 5.97 Å². The Morgan fingerprint density at radius 3 is 2.39 bits per heavy atom. The standard InChI is InChI=1S/C22H27NO5/c1-4-26-20-8-6-5-7-19(20)23-21(24)15-28-22(25)17-9-11-18(12-10-17)27-14-13-16(2)3/h5-12,16H,4,13-15H2,1-3H3,(H,23,24). The smallest absolute Gasteiger partial charge is 0.338 e. The van der Waals surface area contributed by atoms with Crippen LogP contribution in [0, 0.1) is 5.92 Å². The fraction of sp³-hybridized carbons (Fsp3) is 0.364. The molecule has 0 saturated heterocycles. The van der Waals surface area contributed by atoms with Crippen molar-refractivity contribution in [2.45, 2.75) is 27.2 Å². The zero-order valence-electron chi connectivity index (χ0n) is 16.6. The minimum atomic E-state index is -0.568. The van der Waals surface area contributed by atoms with Crippen molar-refractivity contribution in [1.82, 2.24) is 0 Å². The van der Waals surface area contributed by atoms with Gasteiger partial charge in [-0.15, -0.1) is 0 Å². The molecule has 0 aliphatic rings. The SMILES string of the molecule is CCOc1ccccc1NC(=O)COC(=O)c1ccc(OCCC(C)C)cc1. The van der Waals surface area contributed by atoms with Gasteiger partial charge in [-0.1, -0.05) is 26.0 Å². The number of ether oxygens (including phenoxy) is 3. The summed E-state index contributed by atoms with van der Waals surface area (Å²) in [7, 11) is 0. The Labute approximate surface area is 165 Å². The molecule has 0 bridgehead atoms. The van der Waals surface area contributed by atoms with Crippen LogP contribution < -0.4 is 14.8 Å². The lowest BCUT2D eigenvalue weighted by molar-refractivity contribution is -0.119. The van der Waals surface area contributed by atoms with Gasteiger partial charge in [0.15, 0.2) is 6.61 Å². The Morgan fingerprint density at radius 1 is 1.00 bits per heavy atom. The number of nitrogens with one attached hydrogen (secondary N) is 1. The van der Waals surface area contributed by atoms with E-state index in [9.17, 15) is 9.59 Å². The molecule has 150 valence electrons. The summed E-state index contributed by atoms with van der Waals surface area (Å²) >= 11 is 0. The van der Waals surface area contributed by atoms with E-state index in [-0.39, 0.29) is 6.61 Å². The van der Waals surface area contributed by atoms with E-state index < -0.39 is 11.9 Å². The average molecular weight is 385 g/mol. The molecule has 6 nitrogen and oxygen atoms in total. The number of rotatable bonds is 10. The van der Waals surface area contributed by atoms with Gasteiger partial charge in [-0.05, 0) is 55.7 Å². The molecule has 0 fully saturated rings. The second kappa shape index (κ2) is 11.0. The zero-order chi connectivity index (χ0) is 20.4. The van der Waals surface area contributed by atoms with Crippen molar-refractivity contribution in [3.8, 4) is 11.5 Å². The molecule has 0 aliphatic heterocycles. The summed E-state index contributed by atoms with van der Waals surface area (Å²) in [6.07, 6.45) is 0.964. The summed E-state index contributed by atoms with van der Waals surface area (Å²) in [5, 5.41) is 2.68. The van der Waals surface area contributed by atoms with Crippen LogP contribution in [0.25, 0.3) is 0 Å². The third-order valence-electron chi connectivity index (χ3n) is 3.85. The molecule has 28 heavy (non-hydrogen) atoms. The largest absolute Gasteiger partial charge is 0.494 e. The highest BCUT2D eigenvalue weighted by atomic mass is 16.5. The molecule has 2 aromatic rings. The van der Waals surface area contributed by atoms with Crippen molar-refractivity contribution in [2.24, 2.45) is 5.92 Å². The van der Waals surface area contributed by atoms with Crippen molar-refractivity contribution in [2.75, 3.05) is 25.1 Å². The van der Waals surface area contributed by atoms with Crippen LogP contribution >= 0.6 is 0 Å². The van der Waals surface area contributed by atoms with Crippen LogP contribution in [-0.2, 0) is 9.53 Å². The van der Waals surface area contributed by atoms with Crippen LogP contribution in [0.5, 0.6) is 11.5 Å². The zero-order valence-corrected chi connectivity index (χ0v) is 16.6. The van der Waals surface area contributed by atoms with Gasteiger partial charge in [0, 0.05) is 0 Å². The summed E-state index contributed by atoms with van der Waals surface area (Å²) in [5.74, 6) is 0.831. The van der Waals surface area contributed by atoms with E-state index in [0.717, 1.165) is 6.42 Å². The second-order valence-electron chi connectivity index (χ2n) is 6.61. The third-order valence-corrected chi connectivity index (χ3v) is 3.85. The van der Waals surface area contributed by atoms with Crippen LogP contribution in [0.15, 0.2) is 48.5 Å². The molecule has 1 N–H and O–H groups in total. The minimum Gasteiger partial charge on any atom is -0.494 e. The number of hydrogen-bond donors (Lipinski definition) is 1. The number of carbonyl (C=O) groups excluding carboxylic acids is 2. The molecule has 2 aromatic carbocycles. The van der Waals surface area contributed by atoms with Gasteiger partial charge in [-0.3, -0.25) is 4.79 Å². The van der Waals surface area contributed by atoms with Gasteiger partial charge in [0.2, 0.25) is 0 Å². The molecule has 0 saturated carbocycles. The number of anilines is 1. The number of benzene rings is 2. The molecule has 0 heterocycles. The molecule has 0 unspecified atom stereocenters. The highest BCUT2D eigenvalue weighted by Gasteiger charge is 2.12. The predicted molar refractivity (Wildman–Crippen MR) is 108 cm³/mol. The first kappa shape index (κ1) is 21.3. The van der Waals surface area contributed by atoms with Gasteiger partial charge < -0.3 is 19.5 Å². The van der Waals surface area contributed by atoms with Crippen molar-refractivity contribution < 1.29 is 23.8 Å². The number of carbonyl (C=O) groups is 2. The first-order valence-corrected chi connectivity index (χ1v) is 9.41. The van der Waals surface area contributed by atoms with Crippen LogP contribution in [0.3, 0.4) is 0 Å². The van der Waals surface area contributed by atoms with Crippen molar-refractivity contribution in [3.05, 3.63) is 54.1 Å². The van der Waals surface area contributed by atoms with Gasteiger partial charge in [-0.25, -0.2) is 4.79 Å². The van der Waals surface area contributed by atoms with E-state index in [0.29, 0.717) is 41.9 Å². The minimum absolute atomic E-state index is 0.360. The van der Waals surface area contributed by atoms with Crippen LogP contribution in [0.2, 0.25) is 0 Å². The topological polar surface area (TPSA) is 73.9 Å². The number of amides is 1. The Kier molecular flexibility index (Phi) is 8.34. The summed E-state index contributed by atoms with van der Waals surface area (Å²) < 4.78 is 16.2. The summed E-state index contributed by atoms with van der Waals surface area (Å²) in [4.78, 5) is 24.2. The predicted octanol–water partition coefficient (Wildman–Crippen LogP) is 4.31. The molecular weight excluding hydrogens is 358 g/mol. The van der Waals surface area contributed by atoms with Crippen LogP contribution in [0.1, 0.15) is 37.6 Å². The Balaban J connectivity index is 1.82. The van der Waals surface area contributed by atoms with Crippen LogP contribution in [-0.4, -0.2) is 31.7 Å². The maximum absolute atomic E-state index is 12.1. The molecule has 0 aromatic heterocycles. The lowest BCUT2D eigenvalue weighted by Crippen LogP contribution is -2.21. The van der Waals surface area contributed by atoms with E-state index in [4.69, 9.17) is 14.2 Å². The summed E-state index contributed by atoms with van der Waals surface area (Å²) in [6.45, 7) is 6.86. The van der Waals surface area contributed by atoms with Crippen molar-refractivity contribution in [3.63, 3.8) is 0 Å². The maximum atomic E-state index is 12.1. The molecule has 0 radical (unpaired) electrons. The lowest BCUT2D eigenvalue weighted by Gasteiger charge is -2.11. The first-order valence-electron chi connectivity index (χ1n) is 9.41. The van der Waals surface area contributed by atoms with Crippen molar-refractivity contribution >= 4 is 17.6 Å². The first-order chi connectivity index (χ1) is 13.5. The molecule has 2 rings (SSSR count). The Hall–Kier alpha value is -3.02. The monoisotopic (exact) mass is 385 g/mol. The molecule has 6 heteroatoms. The second-order valence-corrected chi connectivity index (χ2v) is 6.61. The maximum Gasteiger partial charge on any atom is 0.338 e. The van der Waals surface area contributed by atoms with E-state index in [1.54, 1.807) is 42.5 Å². The van der Waals surface area contributed by atoms with E-state index in [1.807, 2.05) is 13.0 Å². The van der Waals surface area contributed by atoms with Gasteiger partial charge in [0.05, 0.1) is 24.5 Å². The third kappa shape index (κ3) is 6.95. The summed E-state index contributed by atoms with van der Waals surface area (Å²) in [5.41, 5.74) is 0.895.